The summed E-state index contributed by atoms with van der Waals surface area (Å²) in [7, 11) is 0. The van der Waals surface area contributed by atoms with E-state index in [1.54, 1.807) is 0 Å². The van der Waals surface area contributed by atoms with E-state index in [0.29, 0.717) is 0 Å². The molecular weight excluding hydrogens is 186 g/mol. The molecule has 0 bridgehead atoms. The van der Waals surface area contributed by atoms with Gasteiger partial charge in [-0.25, -0.2) is 0 Å². The van der Waals surface area contributed by atoms with Gasteiger partial charge in [-0.05, 0) is 18.8 Å². The molecule has 13 heavy (non-hydrogen) atoms. The highest BCUT2D eigenvalue weighted by molar-refractivity contribution is 6.18. The predicted octanol–water partition coefficient (Wildman–Crippen LogP) is 1.73. The molecule has 76 valence electrons. The first-order valence-corrected chi connectivity index (χ1v) is 5.83. The third-order valence-corrected chi connectivity index (χ3v) is 3.73. The number of hydrogen-bond donors (Lipinski definition) is 0. The highest BCUT2D eigenvalue weighted by Gasteiger charge is 2.31. The Labute approximate surface area is 85.2 Å². The second-order valence-electron chi connectivity index (χ2n) is 4.06. The van der Waals surface area contributed by atoms with Crippen LogP contribution in [0.2, 0.25) is 0 Å². The van der Waals surface area contributed by atoms with Crippen LogP contribution in [0.4, 0.5) is 0 Å². The van der Waals surface area contributed by atoms with Crippen molar-refractivity contribution in [3.8, 4) is 0 Å². The van der Waals surface area contributed by atoms with Gasteiger partial charge in [0, 0.05) is 25.0 Å². The molecule has 2 aliphatic rings. The zero-order chi connectivity index (χ0) is 9.10. The van der Waals surface area contributed by atoms with Crippen molar-refractivity contribution < 1.29 is 4.74 Å². The van der Waals surface area contributed by atoms with Crippen LogP contribution >= 0.6 is 11.6 Å². The van der Waals surface area contributed by atoms with Gasteiger partial charge < -0.3 is 4.74 Å². The van der Waals surface area contributed by atoms with Gasteiger partial charge >= 0.3 is 0 Å². The highest BCUT2D eigenvalue weighted by Crippen LogP contribution is 2.31. The van der Waals surface area contributed by atoms with Crippen molar-refractivity contribution in [3.05, 3.63) is 0 Å². The SMILES string of the molecule is ClCC1CCCC1N1CCOCC1. The Bertz CT molecular complexity index is 159. The van der Waals surface area contributed by atoms with E-state index in [-0.39, 0.29) is 0 Å². The second-order valence-corrected chi connectivity index (χ2v) is 4.37. The Kier molecular flexibility index (Phi) is 3.47. The van der Waals surface area contributed by atoms with Crippen molar-refractivity contribution in [3.63, 3.8) is 0 Å². The van der Waals surface area contributed by atoms with Gasteiger partial charge in [0.1, 0.15) is 0 Å². The van der Waals surface area contributed by atoms with Crippen LogP contribution in [-0.4, -0.2) is 43.1 Å². The highest BCUT2D eigenvalue weighted by atomic mass is 35.5. The summed E-state index contributed by atoms with van der Waals surface area (Å²) in [5, 5.41) is 0. The Morgan fingerprint density at radius 2 is 2.00 bits per heavy atom. The van der Waals surface area contributed by atoms with Crippen molar-refractivity contribution in [2.75, 3.05) is 32.2 Å². The van der Waals surface area contributed by atoms with Crippen LogP contribution in [0.25, 0.3) is 0 Å². The average Bonchev–Trinajstić information content (AvgIpc) is 2.67. The molecule has 2 unspecified atom stereocenters. The van der Waals surface area contributed by atoms with Gasteiger partial charge in [-0.1, -0.05) is 6.42 Å². The summed E-state index contributed by atoms with van der Waals surface area (Å²) >= 11 is 5.96. The molecule has 0 aromatic heterocycles. The maximum Gasteiger partial charge on any atom is 0.0594 e. The first-order valence-electron chi connectivity index (χ1n) is 5.29. The molecule has 2 fully saturated rings. The quantitative estimate of drug-likeness (QED) is 0.634. The lowest BCUT2D eigenvalue weighted by Gasteiger charge is -2.35. The Morgan fingerprint density at radius 1 is 1.23 bits per heavy atom. The van der Waals surface area contributed by atoms with Crippen LogP contribution in [0, 0.1) is 5.92 Å². The van der Waals surface area contributed by atoms with Crippen molar-refractivity contribution in [1.82, 2.24) is 4.90 Å². The summed E-state index contributed by atoms with van der Waals surface area (Å²) in [5.74, 6) is 1.57. The molecule has 1 aliphatic heterocycles. The second kappa shape index (κ2) is 4.63. The van der Waals surface area contributed by atoms with E-state index < -0.39 is 0 Å². The van der Waals surface area contributed by atoms with Crippen molar-refractivity contribution >= 4 is 11.6 Å². The average molecular weight is 204 g/mol. The Hall–Kier alpha value is 0.210. The van der Waals surface area contributed by atoms with Gasteiger partial charge in [0.05, 0.1) is 13.2 Å². The van der Waals surface area contributed by atoms with Crippen LogP contribution in [0.15, 0.2) is 0 Å². The molecule has 0 spiro atoms. The number of halogens is 1. The van der Waals surface area contributed by atoms with Crippen LogP contribution in [0.5, 0.6) is 0 Å². The summed E-state index contributed by atoms with van der Waals surface area (Å²) in [6.07, 6.45) is 4.03. The standard InChI is InChI=1S/C10H18ClNO/c11-8-9-2-1-3-10(9)12-4-6-13-7-5-12/h9-10H,1-8H2. The van der Waals surface area contributed by atoms with E-state index in [9.17, 15) is 0 Å². The van der Waals surface area contributed by atoms with Gasteiger partial charge in [0.2, 0.25) is 0 Å². The number of rotatable bonds is 2. The first-order chi connectivity index (χ1) is 6.42. The van der Waals surface area contributed by atoms with Gasteiger partial charge in [0.25, 0.3) is 0 Å². The lowest BCUT2D eigenvalue weighted by atomic mass is 10.0. The number of alkyl halides is 1. The fourth-order valence-corrected chi connectivity index (χ4v) is 2.95. The molecule has 3 heteroatoms. The third-order valence-electron chi connectivity index (χ3n) is 3.33. The molecule has 0 aromatic rings. The van der Waals surface area contributed by atoms with E-state index >= 15 is 0 Å². The van der Waals surface area contributed by atoms with Crippen molar-refractivity contribution in [2.45, 2.75) is 25.3 Å². The summed E-state index contributed by atoms with van der Waals surface area (Å²) in [6, 6.07) is 0.751. The van der Waals surface area contributed by atoms with Crippen molar-refractivity contribution in [1.29, 1.82) is 0 Å². The normalized spacial score (nSPS) is 36.7. The minimum atomic E-state index is 0.736. The summed E-state index contributed by atoms with van der Waals surface area (Å²) in [5.41, 5.74) is 0. The number of nitrogens with zero attached hydrogens (tertiary/aromatic N) is 1. The maximum atomic E-state index is 5.96. The van der Waals surface area contributed by atoms with E-state index in [0.717, 1.165) is 44.1 Å². The van der Waals surface area contributed by atoms with E-state index in [1.165, 1.54) is 19.3 Å². The minimum Gasteiger partial charge on any atom is -0.379 e. The largest absolute Gasteiger partial charge is 0.379 e. The van der Waals surface area contributed by atoms with Crippen LogP contribution < -0.4 is 0 Å². The van der Waals surface area contributed by atoms with E-state index in [1.807, 2.05) is 0 Å². The Morgan fingerprint density at radius 3 is 2.69 bits per heavy atom. The lowest BCUT2D eigenvalue weighted by Crippen LogP contribution is -2.45. The van der Waals surface area contributed by atoms with E-state index in [4.69, 9.17) is 16.3 Å². The molecule has 1 heterocycles. The summed E-state index contributed by atoms with van der Waals surface area (Å²) in [4.78, 5) is 2.57. The molecule has 0 amide bonds. The van der Waals surface area contributed by atoms with Gasteiger partial charge in [0.15, 0.2) is 0 Å². The summed E-state index contributed by atoms with van der Waals surface area (Å²) < 4.78 is 5.35. The van der Waals surface area contributed by atoms with Crippen molar-refractivity contribution in [2.24, 2.45) is 5.92 Å². The molecular formula is C10H18ClNO. The van der Waals surface area contributed by atoms with Gasteiger partial charge in [-0.2, -0.15) is 0 Å². The monoisotopic (exact) mass is 203 g/mol. The zero-order valence-corrected chi connectivity index (χ0v) is 8.80. The molecule has 2 atom stereocenters. The smallest absolute Gasteiger partial charge is 0.0594 e. The topological polar surface area (TPSA) is 12.5 Å². The molecule has 2 rings (SSSR count). The fraction of sp³-hybridized carbons (Fsp3) is 1.00. The first kappa shape index (κ1) is 9.75. The molecule has 0 radical (unpaired) electrons. The number of hydrogen-bond acceptors (Lipinski definition) is 2. The van der Waals surface area contributed by atoms with Crippen LogP contribution in [0.1, 0.15) is 19.3 Å². The molecule has 1 saturated heterocycles. The van der Waals surface area contributed by atoms with E-state index in [2.05, 4.69) is 4.90 Å². The molecule has 1 aliphatic carbocycles. The fourth-order valence-electron chi connectivity index (χ4n) is 2.59. The predicted molar refractivity (Wildman–Crippen MR) is 54.2 cm³/mol. The number of ether oxygens (including phenoxy) is 1. The lowest BCUT2D eigenvalue weighted by molar-refractivity contribution is 0.0102. The molecule has 0 aromatic carbocycles. The number of morpholine rings is 1. The maximum absolute atomic E-state index is 5.96. The van der Waals surface area contributed by atoms with Gasteiger partial charge in [-0.15, -0.1) is 11.6 Å². The Balaban J connectivity index is 1.90. The molecule has 0 N–H and O–H groups in total. The van der Waals surface area contributed by atoms with Gasteiger partial charge in [-0.3, -0.25) is 4.90 Å². The minimum absolute atomic E-state index is 0.736. The molecule has 2 nitrogen and oxygen atoms in total. The van der Waals surface area contributed by atoms with Crippen LogP contribution in [0.3, 0.4) is 0 Å². The third kappa shape index (κ3) is 2.17. The molecule has 1 saturated carbocycles. The van der Waals surface area contributed by atoms with Crippen LogP contribution in [-0.2, 0) is 4.74 Å². The summed E-state index contributed by atoms with van der Waals surface area (Å²) in [6.45, 7) is 4.03. The zero-order valence-electron chi connectivity index (χ0n) is 8.04.